The van der Waals surface area contributed by atoms with Gasteiger partial charge in [0.25, 0.3) is 0 Å². The number of nitrogens with one attached hydrogen (secondary N) is 2. The van der Waals surface area contributed by atoms with Gasteiger partial charge in [-0.15, -0.1) is 0 Å². The molecule has 26 heavy (non-hydrogen) atoms. The van der Waals surface area contributed by atoms with Crippen LogP contribution in [0.3, 0.4) is 0 Å². The molecule has 0 unspecified atom stereocenters. The quantitative estimate of drug-likeness (QED) is 0.699. The Morgan fingerprint density at radius 3 is 2.69 bits per heavy atom. The molecule has 0 spiro atoms. The Balaban J connectivity index is 2.00. The molecule has 6 nitrogen and oxygen atoms in total. The van der Waals surface area contributed by atoms with E-state index in [0.717, 1.165) is 18.4 Å². The number of carbonyl (C=O) groups excluding carboxylic acids is 2. The van der Waals surface area contributed by atoms with Gasteiger partial charge in [0, 0.05) is 5.56 Å². The van der Waals surface area contributed by atoms with Gasteiger partial charge in [-0.2, -0.15) is 5.26 Å². The molecular formula is C20H27N3O3. The zero-order valence-corrected chi connectivity index (χ0v) is 15.3. The van der Waals surface area contributed by atoms with Crippen molar-refractivity contribution >= 4 is 11.8 Å². The number of amides is 2. The standard InChI is InChI=1S/C20H27N3O3/c1-26-18-10-6-5-9-16(18)14-19(24)23-17(20(25)22-12-11-21)13-15-7-3-2-4-8-15/h5-6,9-10,15,17H,2-4,7-8,12-14H2,1H3,(H,22,25)(H,23,24)/t17-/m0/s1. The fraction of sp³-hybridized carbons (Fsp3) is 0.550. The van der Waals surface area contributed by atoms with E-state index in [-0.39, 0.29) is 24.8 Å². The minimum Gasteiger partial charge on any atom is -0.496 e. The Labute approximate surface area is 154 Å². The first-order valence-corrected chi connectivity index (χ1v) is 9.20. The summed E-state index contributed by atoms with van der Waals surface area (Å²) in [5.74, 6) is 0.585. The summed E-state index contributed by atoms with van der Waals surface area (Å²) in [6, 6.07) is 8.65. The Morgan fingerprint density at radius 1 is 1.27 bits per heavy atom. The molecule has 6 heteroatoms. The van der Waals surface area contributed by atoms with Crippen LogP contribution >= 0.6 is 0 Å². The third kappa shape index (κ3) is 6.07. The van der Waals surface area contributed by atoms with Crippen molar-refractivity contribution in [1.29, 1.82) is 5.26 Å². The minimum absolute atomic E-state index is 0.0532. The largest absolute Gasteiger partial charge is 0.496 e. The van der Waals surface area contributed by atoms with E-state index in [0.29, 0.717) is 18.1 Å². The third-order valence-electron chi connectivity index (χ3n) is 4.83. The molecule has 0 aromatic heterocycles. The number of carbonyl (C=O) groups is 2. The van der Waals surface area contributed by atoms with Crippen LogP contribution in [0.1, 0.15) is 44.1 Å². The van der Waals surface area contributed by atoms with Crippen LogP contribution in [0.2, 0.25) is 0 Å². The van der Waals surface area contributed by atoms with Gasteiger partial charge in [0.2, 0.25) is 11.8 Å². The first-order valence-electron chi connectivity index (χ1n) is 9.20. The van der Waals surface area contributed by atoms with E-state index in [1.165, 1.54) is 19.3 Å². The first-order chi connectivity index (χ1) is 12.6. The van der Waals surface area contributed by atoms with Gasteiger partial charge in [-0.1, -0.05) is 50.3 Å². The van der Waals surface area contributed by atoms with Crippen molar-refractivity contribution in [3.63, 3.8) is 0 Å². The highest BCUT2D eigenvalue weighted by Crippen LogP contribution is 2.27. The summed E-state index contributed by atoms with van der Waals surface area (Å²) >= 11 is 0. The summed E-state index contributed by atoms with van der Waals surface area (Å²) in [5, 5.41) is 14.1. The average molecular weight is 357 g/mol. The van der Waals surface area contributed by atoms with Crippen LogP contribution < -0.4 is 15.4 Å². The molecule has 140 valence electrons. The number of hydrogen-bond donors (Lipinski definition) is 2. The van der Waals surface area contributed by atoms with Crippen molar-refractivity contribution in [3.05, 3.63) is 29.8 Å². The van der Waals surface area contributed by atoms with Crippen LogP contribution in [0.25, 0.3) is 0 Å². The van der Waals surface area contributed by atoms with E-state index in [1.807, 2.05) is 30.3 Å². The number of hydrogen-bond acceptors (Lipinski definition) is 4. The summed E-state index contributed by atoms with van der Waals surface area (Å²) in [7, 11) is 1.57. The molecule has 2 rings (SSSR count). The number of benzene rings is 1. The molecule has 1 aromatic rings. The predicted molar refractivity (Wildman–Crippen MR) is 98.4 cm³/mol. The number of para-hydroxylation sites is 1. The van der Waals surface area contributed by atoms with Gasteiger partial charge in [-0.3, -0.25) is 9.59 Å². The van der Waals surface area contributed by atoms with Crippen molar-refractivity contribution in [3.8, 4) is 11.8 Å². The molecule has 1 aliphatic rings. The van der Waals surface area contributed by atoms with Crippen LogP contribution in [0.5, 0.6) is 5.75 Å². The topological polar surface area (TPSA) is 91.2 Å². The van der Waals surface area contributed by atoms with Gasteiger partial charge in [0.15, 0.2) is 0 Å². The Bertz CT molecular complexity index is 648. The maximum atomic E-state index is 12.5. The Morgan fingerprint density at radius 2 is 2.00 bits per heavy atom. The molecule has 1 atom stereocenters. The Hall–Kier alpha value is -2.55. The molecule has 2 amide bonds. The summed E-state index contributed by atoms with van der Waals surface area (Å²) in [5.41, 5.74) is 0.779. The lowest BCUT2D eigenvalue weighted by molar-refractivity contribution is -0.129. The van der Waals surface area contributed by atoms with Gasteiger partial charge in [-0.25, -0.2) is 0 Å². The summed E-state index contributed by atoms with van der Waals surface area (Å²) in [6.07, 6.45) is 6.53. The molecule has 0 saturated heterocycles. The highest BCUT2D eigenvalue weighted by Gasteiger charge is 2.26. The fourth-order valence-corrected chi connectivity index (χ4v) is 3.50. The molecule has 0 radical (unpaired) electrons. The summed E-state index contributed by atoms with van der Waals surface area (Å²) < 4.78 is 5.28. The molecular weight excluding hydrogens is 330 g/mol. The van der Waals surface area contributed by atoms with E-state index < -0.39 is 6.04 Å². The van der Waals surface area contributed by atoms with Gasteiger partial charge in [-0.05, 0) is 18.4 Å². The number of rotatable bonds is 8. The van der Waals surface area contributed by atoms with Crippen LogP contribution in [-0.2, 0) is 16.0 Å². The van der Waals surface area contributed by atoms with E-state index >= 15 is 0 Å². The fourth-order valence-electron chi connectivity index (χ4n) is 3.50. The molecule has 2 N–H and O–H groups in total. The van der Waals surface area contributed by atoms with Gasteiger partial charge < -0.3 is 15.4 Å². The summed E-state index contributed by atoms with van der Waals surface area (Å²) in [4.78, 5) is 24.9. The number of ether oxygens (including phenoxy) is 1. The highest BCUT2D eigenvalue weighted by molar-refractivity contribution is 5.88. The molecule has 1 fully saturated rings. The van der Waals surface area contributed by atoms with Crippen molar-refractivity contribution in [2.75, 3.05) is 13.7 Å². The van der Waals surface area contributed by atoms with Crippen LogP contribution in [0.15, 0.2) is 24.3 Å². The van der Waals surface area contributed by atoms with Crippen LogP contribution in [0, 0.1) is 17.2 Å². The number of nitriles is 1. The van der Waals surface area contributed by atoms with Gasteiger partial charge in [0.1, 0.15) is 18.3 Å². The van der Waals surface area contributed by atoms with Crippen molar-refractivity contribution in [2.45, 2.75) is 51.0 Å². The molecule has 0 bridgehead atoms. The monoisotopic (exact) mass is 357 g/mol. The molecule has 1 saturated carbocycles. The third-order valence-corrected chi connectivity index (χ3v) is 4.83. The molecule has 0 aliphatic heterocycles. The lowest BCUT2D eigenvalue weighted by Crippen LogP contribution is -2.48. The highest BCUT2D eigenvalue weighted by atomic mass is 16.5. The normalized spacial score (nSPS) is 15.5. The van der Waals surface area contributed by atoms with Crippen LogP contribution in [0.4, 0.5) is 0 Å². The average Bonchev–Trinajstić information content (AvgIpc) is 2.66. The number of methoxy groups -OCH3 is 1. The minimum atomic E-state index is -0.603. The second-order valence-electron chi connectivity index (χ2n) is 6.72. The van der Waals surface area contributed by atoms with E-state index in [9.17, 15) is 9.59 Å². The molecule has 0 heterocycles. The second kappa shape index (κ2) is 10.4. The second-order valence-corrected chi connectivity index (χ2v) is 6.72. The maximum Gasteiger partial charge on any atom is 0.243 e. The zero-order valence-electron chi connectivity index (χ0n) is 15.3. The van der Waals surface area contributed by atoms with Crippen molar-refractivity contribution in [2.24, 2.45) is 5.92 Å². The zero-order chi connectivity index (χ0) is 18.8. The predicted octanol–water partition coefficient (Wildman–Crippen LogP) is 2.33. The van der Waals surface area contributed by atoms with Crippen molar-refractivity contribution < 1.29 is 14.3 Å². The maximum absolute atomic E-state index is 12.5. The SMILES string of the molecule is COc1ccccc1CC(=O)N[C@@H](CC1CCCCC1)C(=O)NCC#N. The van der Waals surface area contributed by atoms with Crippen molar-refractivity contribution in [1.82, 2.24) is 10.6 Å². The Kier molecular flexibility index (Phi) is 7.94. The van der Waals surface area contributed by atoms with E-state index in [4.69, 9.17) is 10.00 Å². The number of nitrogens with zero attached hydrogens (tertiary/aromatic N) is 1. The summed E-state index contributed by atoms with van der Waals surface area (Å²) in [6.45, 7) is -0.0532. The van der Waals surface area contributed by atoms with E-state index in [1.54, 1.807) is 7.11 Å². The van der Waals surface area contributed by atoms with Gasteiger partial charge >= 0.3 is 0 Å². The van der Waals surface area contributed by atoms with Crippen LogP contribution in [-0.4, -0.2) is 31.5 Å². The van der Waals surface area contributed by atoms with E-state index in [2.05, 4.69) is 10.6 Å². The lowest BCUT2D eigenvalue weighted by atomic mass is 9.84. The molecule has 1 aliphatic carbocycles. The lowest BCUT2D eigenvalue weighted by Gasteiger charge is -2.26. The first kappa shape index (κ1) is 19.8. The smallest absolute Gasteiger partial charge is 0.243 e. The molecule has 1 aromatic carbocycles. The van der Waals surface area contributed by atoms with Gasteiger partial charge in [0.05, 0.1) is 19.6 Å².